The van der Waals surface area contributed by atoms with Crippen molar-refractivity contribution in [1.82, 2.24) is 4.98 Å². The van der Waals surface area contributed by atoms with Crippen molar-refractivity contribution in [2.24, 2.45) is 0 Å². The predicted molar refractivity (Wildman–Crippen MR) is 354 cm³/mol. The van der Waals surface area contributed by atoms with Crippen LogP contribution in [0.5, 0.6) is 11.5 Å². The van der Waals surface area contributed by atoms with Crippen molar-refractivity contribution < 1.29 is 11.6 Å². The zero-order chi connectivity index (χ0) is 62.4. The molecule has 0 aliphatic carbocycles. The molecule has 6 heteroatoms. The number of fused-ring (bicyclic) bond motifs is 10. The number of anilines is 7. The van der Waals surface area contributed by atoms with Crippen molar-refractivity contribution >= 4 is 68.8 Å². The van der Waals surface area contributed by atoms with Gasteiger partial charge in [-0.2, -0.15) is 0 Å². The van der Waals surface area contributed by atoms with Crippen LogP contribution in [0.15, 0.2) is 194 Å². The highest BCUT2D eigenvalue weighted by molar-refractivity contribution is 7.23. The zero-order valence-corrected chi connectivity index (χ0v) is 51.5. The molecule has 0 unspecified atom stereocenters. The van der Waals surface area contributed by atoms with Gasteiger partial charge in [0.15, 0.2) is 8.07 Å². The molecule has 0 bridgehead atoms. The topological polar surface area (TPSA) is 31.8 Å². The van der Waals surface area contributed by atoms with Gasteiger partial charge in [-0.05, 0) is 176 Å². The molecule has 0 N–H and O–H groups in total. The van der Waals surface area contributed by atoms with Crippen LogP contribution in [0.25, 0.3) is 33.4 Å². The summed E-state index contributed by atoms with van der Waals surface area (Å²) in [7, 11) is -2.97. The molecule has 9 aromatic carbocycles. The number of ether oxygens (including phenoxy) is 1. The third kappa shape index (κ3) is 8.82. The molecule has 13 rings (SSSR count). The first-order chi connectivity index (χ1) is 41.7. The SMILES string of the molecule is [2H]c1c([2H])c([2H])c(-c2c(C)c(C)c(C)c(-c3cc(C(C)(C)C)cc(C(C)(C)C)c3)c2N2CN(c3cccc(Oc4ccc5c(c4)N(c4cc(C(C)(C)C)ccn4)c4ccccc4[Si]54c5ccc(C)cc5-c5cc(C)ccc54)c3)c3ccccc32)c([2H])c1[2H]. The van der Waals surface area contributed by atoms with E-state index in [0.29, 0.717) is 23.7 Å². The van der Waals surface area contributed by atoms with Gasteiger partial charge >= 0.3 is 0 Å². The number of aromatic nitrogens is 1. The maximum absolute atomic E-state index is 9.57. The Balaban J connectivity index is 0.977. The van der Waals surface area contributed by atoms with E-state index in [2.05, 4.69) is 250 Å². The van der Waals surface area contributed by atoms with E-state index in [-0.39, 0.29) is 46.0 Å². The molecule has 0 saturated carbocycles. The minimum Gasteiger partial charge on any atom is -0.457 e. The summed E-state index contributed by atoms with van der Waals surface area (Å²) in [6.45, 7) is 31.2. The summed E-state index contributed by atoms with van der Waals surface area (Å²) in [5.41, 5.74) is 19.6. The third-order valence-corrected chi connectivity index (χ3v) is 22.8. The first-order valence-corrected chi connectivity index (χ1v) is 31.2. The summed E-state index contributed by atoms with van der Waals surface area (Å²) >= 11 is 0. The van der Waals surface area contributed by atoms with Gasteiger partial charge in [0.1, 0.15) is 24.0 Å². The standard InChI is InChI=1S/C77H76N4OSi/c1-48-31-34-67-61(39-48)62-40-49(2)32-35-68(62)83(67)69-30-21-20-29-65(69)81(71-44-55(37-38-78-71)75(6,7)8)66-46-60(33-36-70(66)83)82-59-26-22-25-58(45-59)79-47-80(64-28-19-18-27-63(64)79)74-72(53-23-16-15-17-24-53)51(4)50(3)52(5)73(74)54-41-56(76(9,10)11)43-57(42-54)77(12,13)14/h15-46H,47H2,1-14H3/i15D,16D,17D,23D,24D. The fourth-order valence-corrected chi connectivity index (χ4v) is 18.7. The molecule has 0 fully saturated rings. The van der Waals surface area contributed by atoms with E-state index in [4.69, 9.17) is 13.8 Å². The molecule has 0 radical (unpaired) electrons. The monoisotopic (exact) mass is 1110 g/mol. The summed E-state index contributed by atoms with van der Waals surface area (Å²) in [6, 6.07) is 56.2. The second-order valence-corrected chi connectivity index (χ2v) is 30.0. The summed E-state index contributed by atoms with van der Waals surface area (Å²) in [6.07, 6.45) is 1.95. The van der Waals surface area contributed by atoms with Crippen molar-refractivity contribution in [3.05, 3.63) is 239 Å². The number of benzene rings is 9. The second kappa shape index (κ2) is 19.6. The highest BCUT2D eigenvalue weighted by Gasteiger charge is 2.54. The van der Waals surface area contributed by atoms with E-state index in [1.807, 2.05) is 25.3 Å². The first kappa shape index (κ1) is 48.1. The largest absolute Gasteiger partial charge is 0.457 e. The van der Waals surface area contributed by atoms with Gasteiger partial charge in [0, 0.05) is 40.8 Å². The molecule has 5 nitrogen and oxygen atoms in total. The molecule has 3 aliphatic heterocycles. The zero-order valence-electron chi connectivity index (χ0n) is 55.5. The molecular weight excluding hydrogens is 1020 g/mol. The Hall–Kier alpha value is -8.45. The van der Waals surface area contributed by atoms with Gasteiger partial charge in [-0.25, -0.2) is 4.98 Å². The van der Waals surface area contributed by atoms with Gasteiger partial charge in [0.05, 0.1) is 29.6 Å². The lowest BCUT2D eigenvalue weighted by molar-refractivity contribution is 0.483. The smallest absolute Gasteiger partial charge is 0.185 e. The number of aryl methyl sites for hydroxylation is 2. The number of para-hydroxylation sites is 3. The van der Waals surface area contributed by atoms with Crippen LogP contribution in [0.4, 0.5) is 39.9 Å². The Morgan fingerprint density at radius 1 is 0.458 bits per heavy atom. The Morgan fingerprint density at radius 3 is 1.64 bits per heavy atom. The summed E-state index contributed by atoms with van der Waals surface area (Å²) in [5.74, 6) is 2.20. The van der Waals surface area contributed by atoms with Gasteiger partial charge < -0.3 is 14.5 Å². The molecular formula is C77H76N4OSi. The lowest BCUT2D eigenvalue weighted by atomic mass is 9.77. The number of pyridine rings is 1. The lowest BCUT2D eigenvalue weighted by Crippen LogP contribution is -2.75. The Bertz CT molecular complexity index is 4460. The number of rotatable bonds is 7. The van der Waals surface area contributed by atoms with Crippen LogP contribution in [-0.2, 0) is 16.2 Å². The summed E-state index contributed by atoms with van der Waals surface area (Å²) in [5, 5.41) is 5.39. The van der Waals surface area contributed by atoms with Crippen molar-refractivity contribution in [3.8, 4) is 44.9 Å². The van der Waals surface area contributed by atoms with Crippen LogP contribution in [-0.4, -0.2) is 19.7 Å². The fraction of sp³-hybridized carbons (Fsp3) is 0.234. The van der Waals surface area contributed by atoms with Crippen molar-refractivity contribution in [2.75, 3.05) is 21.4 Å². The van der Waals surface area contributed by atoms with E-state index in [1.165, 1.54) is 59.7 Å². The molecule has 414 valence electrons. The third-order valence-electron chi connectivity index (χ3n) is 17.9. The number of hydrogen-bond donors (Lipinski definition) is 0. The van der Waals surface area contributed by atoms with Gasteiger partial charge in [0.25, 0.3) is 0 Å². The number of hydrogen-bond acceptors (Lipinski definition) is 5. The van der Waals surface area contributed by atoms with E-state index >= 15 is 0 Å². The second-order valence-electron chi connectivity index (χ2n) is 26.4. The van der Waals surface area contributed by atoms with Crippen molar-refractivity contribution in [1.29, 1.82) is 0 Å². The molecule has 4 heterocycles. The van der Waals surface area contributed by atoms with E-state index in [1.54, 1.807) is 0 Å². The van der Waals surface area contributed by atoms with Crippen LogP contribution in [0.2, 0.25) is 0 Å². The molecule has 3 aliphatic rings. The molecule has 1 spiro atoms. The molecule has 83 heavy (non-hydrogen) atoms. The highest BCUT2D eigenvalue weighted by Crippen LogP contribution is 2.54. The van der Waals surface area contributed by atoms with Crippen LogP contribution in [0.1, 0.15) is 114 Å². The summed E-state index contributed by atoms with van der Waals surface area (Å²) in [4.78, 5) is 12.1. The molecule has 0 saturated heterocycles. The molecule has 10 aromatic rings. The normalized spacial score (nSPS) is 15.0. The number of nitrogens with zero attached hydrogens (tertiary/aromatic N) is 4. The Labute approximate surface area is 501 Å². The quantitative estimate of drug-likeness (QED) is 0.149. The van der Waals surface area contributed by atoms with Crippen molar-refractivity contribution in [2.45, 2.75) is 113 Å². The fourth-order valence-electron chi connectivity index (χ4n) is 13.3. The maximum atomic E-state index is 9.57. The van der Waals surface area contributed by atoms with Gasteiger partial charge in [0.2, 0.25) is 0 Å². The summed E-state index contributed by atoms with van der Waals surface area (Å²) < 4.78 is 53.1. The average molecular weight is 1110 g/mol. The van der Waals surface area contributed by atoms with E-state index < -0.39 is 14.1 Å². The Morgan fingerprint density at radius 2 is 1.01 bits per heavy atom. The van der Waals surface area contributed by atoms with Gasteiger partial charge in [-0.15, -0.1) is 0 Å². The Kier molecular flexibility index (Phi) is 11.4. The molecule has 0 atom stereocenters. The van der Waals surface area contributed by atoms with Crippen LogP contribution in [0, 0.1) is 34.6 Å². The average Bonchev–Trinajstić information content (AvgIpc) is 1.40. The highest BCUT2D eigenvalue weighted by atomic mass is 28.3. The van der Waals surface area contributed by atoms with Crippen LogP contribution < -0.4 is 40.2 Å². The van der Waals surface area contributed by atoms with E-state index in [9.17, 15) is 2.74 Å². The van der Waals surface area contributed by atoms with E-state index in [0.717, 1.165) is 67.8 Å². The first-order valence-electron chi connectivity index (χ1n) is 31.7. The maximum Gasteiger partial charge on any atom is 0.185 e. The van der Waals surface area contributed by atoms with Crippen LogP contribution in [0.3, 0.4) is 0 Å². The van der Waals surface area contributed by atoms with Gasteiger partial charge in [-0.3, -0.25) is 4.90 Å². The van der Waals surface area contributed by atoms with Crippen LogP contribution >= 0.6 is 0 Å². The lowest BCUT2D eigenvalue weighted by Gasteiger charge is -2.43. The molecule has 0 amide bonds. The molecule has 1 aromatic heterocycles. The predicted octanol–water partition coefficient (Wildman–Crippen LogP) is 18.0. The minimum absolute atomic E-state index is 0.116. The van der Waals surface area contributed by atoms with Crippen molar-refractivity contribution in [3.63, 3.8) is 0 Å². The minimum atomic E-state index is -2.97. The van der Waals surface area contributed by atoms with Gasteiger partial charge in [-0.1, -0.05) is 201 Å².